The molecule has 2 aromatic heterocycles. The van der Waals surface area contributed by atoms with Crippen molar-refractivity contribution in [1.29, 1.82) is 0 Å². The van der Waals surface area contributed by atoms with Gasteiger partial charge in [-0.2, -0.15) is 0 Å². The van der Waals surface area contributed by atoms with E-state index in [1.807, 2.05) is 0 Å². The first kappa shape index (κ1) is 6.71. The second-order valence-electron chi connectivity index (χ2n) is 2.21. The molecule has 0 unspecified atom stereocenters. The summed E-state index contributed by atoms with van der Waals surface area (Å²) in [5, 5.41) is 7.26. The van der Waals surface area contributed by atoms with Gasteiger partial charge in [-0.3, -0.25) is 9.78 Å². The van der Waals surface area contributed by atoms with Crippen LogP contribution in [-0.2, 0) is 0 Å². The van der Waals surface area contributed by atoms with Gasteiger partial charge in [-0.15, -0.1) is 5.10 Å². The Morgan fingerprint density at radius 3 is 3.17 bits per heavy atom. The SMILES string of the molecule is NC(=O)c1nnn2ccncc12. The lowest BCUT2D eigenvalue weighted by molar-refractivity contribution is 0.0997. The fourth-order valence-corrected chi connectivity index (χ4v) is 0.922. The molecule has 1 amide bonds. The van der Waals surface area contributed by atoms with Crippen molar-refractivity contribution in [1.82, 2.24) is 19.8 Å². The number of rotatable bonds is 1. The van der Waals surface area contributed by atoms with Crippen molar-refractivity contribution in [2.75, 3.05) is 0 Å². The number of amides is 1. The highest BCUT2D eigenvalue weighted by Gasteiger charge is 2.09. The highest BCUT2D eigenvalue weighted by atomic mass is 16.1. The predicted octanol–water partition coefficient (Wildman–Crippen LogP) is -0.777. The number of aromatic nitrogens is 4. The van der Waals surface area contributed by atoms with E-state index in [0.29, 0.717) is 5.52 Å². The van der Waals surface area contributed by atoms with Crippen LogP contribution in [0.1, 0.15) is 10.5 Å². The van der Waals surface area contributed by atoms with E-state index in [1.165, 1.54) is 10.7 Å². The van der Waals surface area contributed by atoms with E-state index in [-0.39, 0.29) is 5.69 Å². The number of nitrogens with two attached hydrogens (primary N) is 1. The predicted molar refractivity (Wildman–Crippen MR) is 39.3 cm³/mol. The molecule has 0 bridgehead atoms. The number of hydrogen-bond donors (Lipinski definition) is 1. The van der Waals surface area contributed by atoms with Crippen LogP contribution in [0.2, 0.25) is 0 Å². The fraction of sp³-hybridized carbons (Fsp3) is 0. The van der Waals surface area contributed by atoms with Crippen LogP contribution >= 0.6 is 0 Å². The smallest absolute Gasteiger partial charge is 0.271 e. The zero-order valence-electron chi connectivity index (χ0n) is 6.01. The Labute approximate surface area is 67.0 Å². The summed E-state index contributed by atoms with van der Waals surface area (Å²) in [6.07, 6.45) is 4.63. The molecule has 0 spiro atoms. The molecule has 2 heterocycles. The van der Waals surface area contributed by atoms with Crippen molar-refractivity contribution < 1.29 is 4.79 Å². The van der Waals surface area contributed by atoms with Crippen LogP contribution in [0.5, 0.6) is 0 Å². The Bertz CT molecular complexity index is 434. The largest absolute Gasteiger partial charge is 0.364 e. The van der Waals surface area contributed by atoms with Gasteiger partial charge in [0.1, 0.15) is 5.52 Å². The van der Waals surface area contributed by atoms with Crippen LogP contribution < -0.4 is 5.73 Å². The van der Waals surface area contributed by atoms with E-state index in [2.05, 4.69) is 15.3 Å². The van der Waals surface area contributed by atoms with Crippen LogP contribution in [0, 0.1) is 0 Å². The Morgan fingerprint density at radius 2 is 2.42 bits per heavy atom. The molecular weight excluding hydrogens is 158 g/mol. The minimum Gasteiger partial charge on any atom is -0.364 e. The molecule has 0 aliphatic carbocycles. The average molecular weight is 163 g/mol. The molecule has 0 saturated carbocycles. The van der Waals surface area contributed by atoms with Crippen LogP contribution in [0.3, 0.4) is 0 Å². The van der Waals surface area contributed by atoms with Gasteiger partial charge in [-0.1, -0.05) is 5.21 Å². The topological polar surface area (TPSA) is 86.2 Å². The second-order valence-corrected chi connectivity index (χ2v) is 2.21. The number of primary amides is 1. The molecule has 0 radical (unpaired) electrons. The Balaban J connectivity index is 2.79. The average Bonchev–Trinajstić information content (AvgIpc) is 2.47. The van der Waals surface area contributed by atoms with E-state index in [1.54, 1.807) is 12.4 Å². The quantitative estimate of drug-likeness (QED) is 0.597. The lowest BCUT2D eigenvalue weighted by atomic mass is 10.4. The van der Waals surface area contributed by atoms with Crippen molar-refractivity contribution in [3.05, 3.63) is 24.3 Å². The van der Waals surface area contributed by atoms with Crippen molar-refractivity contribution in [2.24, 2.45) is 5.73 Å². The standard InChI is InChI=1S/C6H5N5O/c7-6(12)5-4-3-8-1-2-11(4)10-9-5/h1-3H,(H2,7,12). The second kappa shape index (κ2) is 2.26. The summed E-state index contributed by atoms with van der Waals surface area (Å²) >= 11 is 0. The summed E-state index contributed by atoms with van der Waals surface area (Å²) in [5.41, 5.74) is 5.70. The van der Waals surface area contributed by atoms with Crippen molar-refractivity contribution in [2.45, 2.75) is 0 Å². The number of nitrogens with zero attached hydrogens (tertiary/aromatic N) is 4. The van der Waals surface area contributed by atoms with Gasteiger partial charge in [0.25, 0.3) is 5.91 Å². The summed E-state index contributed by atoms with van der Waals surface area (Å²) in [6.45, 7) is 0. The highest BCUT2D eigenvalue weighted by Crippen LogP contribution is 2.02. The minimum absolute atomic E-state index is 0.142. The summed E-state index contributed by atoms with van der Waals surface area (Å²) in [7, 11) is 0. The lowest BCUT2D eigenvalue weighted by Gasteiger charge is -1.88. The van der Waals surface area contributed by atoms with Gasteiger partial charge in [0.15, 0.2) is 5.69 Å². The van der Waals surface area contributed by atoms with E-state index in [0.717, 1.165) is 0 Å². The van der Waals surface area contributed by atoms with Crippen LogP contribution in [-0.4, -0.2) is 25.7 Å². The van der Waals surface area contributed by atoms with Gasteiger partial charge in [0, 0.05) is 12.4 Å². The molecule has 6 heteroatoms. The van der Waals surface area contributed by atoms with Gasteiger partial charge in [0.05, 0.1) is 6.20 Å². The number of hydrogen-bond acceptors (Lipinski definition) is 4. The van der Waals surface area contributed by atoms with Gasteiger partial charge in [-0.05, 0) is 0 Å². The van der Waals surface area contributed by atoms with Gasteiger partial charge in [-0.25, -0.2) is 4.52 Å². The summed E-state index contributed by atoms with van der Waals surface area (Å²) in [4.78, 5) is 14.6. The Hall–Kier alpha value is -1.98. The molecule has 2 N–H and O–H groups in total. The third-order valence-corrected chi connectivity index (χ3v) is 1.45. The zero-order valence-corrected chi connectivity index (χ0v) is 6.01. The minimum atomic E-state index is -0.599. The molecule has 2 rings (SSSR count). The van der Waals surface area contributed by atoms with Gasteiger partial charge >= 0.3 is 0 Å². The molecular formula is C6H5N5O. The van der Waals surface area contributed by atoms with Gasteiger partial charge < -0.3 is 5.73 Å². The van der Waals surface area contributed by atoms with Crippen LogP contribution in [0.15, 0.2) is 18.6 Å². The monoisotopic (exact) mass is 163 g/mol. The molecule has 0 fully saturated rings. The molecule has 0 aliphatic rings. The summed E-state index contributed by atoms with van der Waals surface area (Å²) in [5.74, 6) is -0.599. The van der Waals surface area contributed by atoms with Crippen molar-refractivity contribution in [3.63, 3.8) is 0 Å². The molecule has 12 heavy (non-hydrogen) atoms. The summed E-state index contributed by atoms with van der Waals surface area (Å²) < 4.78 is 1.44. The maximum Gasteiger partial charge on any atom is 0.271 e. The van der Waals surface area contributed by atoms with E-state index in [9.17, 15) is 4.79 Å². The third kappa shape index (κ3) is 0.815. The van der Waals surface area contributed by atoms with Crippen LogP contribution in [0.4, 0.5) is 0 Å². The first-order valence-electron chi connectivity index (χ1n) is 3.24. The maximum atomic E-state index is 10.8. The van der Waals surface area contributed by atoms with E-state index < -0.39 is 5.91 Å². The molecule has 2 aromatic rings. The molecule has 0 aliphatic heterocycles. The first-order valence-corrected chi connectivity index (χ1v) is 3.24. The van der Waals surface area contributed by atoms with Crippen molar-refractivity contribution in [3.8, 4) is 0 Å². The van der Waals surface area contributed by atoms with Crippen LogP contribution in [0.25, 0.3) is 5.52 Å². The number of carbonyl (C=O) groups is 1. The molecule has 6 nitrogen and oxygen atoms in total. The summed E-state index contributed by atoms with van der Waals surface area (Å²) in [6, 6.07) is 0. The van der Waals surface area contributed by atoms with Crippen molar-refractivity contribution >= 4 is 11.4 Å². The fourth-order valence-electron chi connectivity index (χ4n) is 0.922. The Kier molecular flexibility index (Phi) is 1.26. The molecule has 0 atom stereocenters. The zero-order chi connectivity index (χ0) is 8.55. The maximum absolute atomic E-state index is 10.8. The third-order valence-electron chi connectivity index (χ3n) is 1.45. The molecule has 60 valence electrons. The number of carbonyl (C=O) groups excluding carboxylic acids is 1. The Morgan fingerprint density at radius 1 is 1.58 bits per heavy atom. The molecule has 0 saturated heterocycles. The molecule has 0 aromatic carbocycles. The number of fused-ring (bicyclic) bond motifs is 1. The lowest BCUT2D eigenvalue weighted by Crippen LogP contribution is -2.11. The normalized spacial score (nSPS) is 10.3. The van der Waals surface area contributed by atoms with E-state index in [4.69, 9.17) is 5.73 Å². The highest BCUT2D eigenvalue weighted by molar-refractivity contribution is 5.97. The first-order chi connectivity index (χ1) is 5.79. The van der Waals surface area contributed by atoms with E-state index >= 15 is 0 Å². The van der Waals surface area contributed by atoms with Gasteiger partial charge in [0.2, 0.25) is 0 Å².